The molecule has 7 rings (SSSR count). The van der Waals surface area contributed by atoms with E-state index >= 15 is 0 Å². The number of urea groups is 1. The summed E-state index contributed by atoms with van der Waals surface area (Å²) < 4.78 is 1.82. The third-order valence-electron chi connectivity index (χ3n) is 9.64. The summed E-state index contributed by atoms with van der Waals surface area (Å²) in [4.78, 5) is 53.3. The Hall–Kier alpha value is -4.54. The van der Waals surface area contributed by atoms with Crippen LogP contribution in [0.4, 0.5) is 10.5 Å². The van der Waals surface area contributed by atoms with Crippen molar-refractivity contribution in [3.8, 4) is 0 Å². The molecule has 4 heterocycles. The van der Waals surface area contributed by atoms with Crippen molar-refractivity contribution >= 4 is 51.2 Å². The second-order valence-electron chi connectivity index (χ2n) is 13.1. The van der Waals surface area contributed by atoms with E-state index in [0.717, 1.165) is 51.7 Å². The molecule has 0 bridgehead atoms. The third kappa shape index (κ3) is 6.15. The first-order chi connectivity index (χ1) is 22.8. The number of aromatic amines is 2. The number of rotatable bonds is 7. The fraction of sp³-hybridized carbons (Fsp3) is 0.361. The number of hydrogen-bond donors (Lipinski definition) is 3. The first-order valence-electron chi connectivity index (χ1n) is 16.3. The number of H-pyrrole nitrogens is 2. The number of carbonyl (C=O) groups excluding carboxylic acids is 2. The zero-order valence-electron chi connectivity index (χ0n) is 26.7. The molecule has 47 heavy (non-hydrogen) atoms. The first kappa shape index (κ1) is 31.1. The van der Waals surface area contributed by atoms with E-state index in [0.29, 0.717) is 43.9 Å². The minimum absolute atomic E-state index is 0.0189. The number of halogens is 1. The van der Waals surface area contributed by atoms with Gasteiger partial charge in [0.1, 0.15) is 6.04 Å². The maximum absolute atomic E-state index is 14.6. The number of anilines is 1. The molecule has 1 fully saturated rings. The molecule has 3 aromatic carbocycles. The van der Waals surface area contributed by atoms with Gasteiger partial charge in [-0.25, -0.2) is 9.59 Å². The van der Waals surface area contributed by atoms with E-state index in [1.807, 2.05) is 96.5 Å². The number of benzene rings is 3. The molecule has 0 unspecified atom stereocenters. The second-order valence-corrected chi connectivity index (χ2v) is 13.5. The Labute approximate surface area is 278 Å². The van der Waals surface area contributed by atoms with Crippen LogP contribution in [0.1, 0.15) is 30.0 Å². The van der Waals surface area contributed by atoms with E-state index in [-0.39, 0.29) is 29.6 Å². The predicted octanol–water partition coefficient (Wildman–Crippen LogP) is 5.19. The average Bonchev–Trinajstić information content (AvgIpc) is 3.63. The van der Waals surface area contributed by atoms with Gasteiger partial charge in [-0.3, -0.25) is 9.36 Å². The van der Waals surface area contributed by atoms with E-state index in [9.17, 15) is 14.4 Å². The van der Waals surface area contributed by atoms with Crippen molar-refractivity contribution in [2.45, 2.75) is 37.8 Å². The van der Waals surface area contributed by atoms with Crippen molar-refractivity contribution in [3.63, 3.8) is 0 Å². The van der Waals surface area contributed by atoms with E-state index in [1.54, 1.807) is 4.90 Å². The summed E-state index contributed by atoms with van der Waals surface area (Å²) in [6, 6.07) is 20.3. The van der Waals surface area contributed by atoms with Crippen LogP contribution in [0.25, 0.3) is 21.9 Å². The van der Waals surface area contributed by atoms with Gasteiger partial charge in [-0.05, 0) is 80.7 Å². The normalized spacial score (nSPS) is 17.7. The van der Waals surface area contributed by atoms with E-state index in [4.69, 9.17) is 11.6 Å². The Balaban J connectivity index is 1.14. The number of amides is 3. The highest BCUT2D eigenvalue weighted by Crippen LogP contribution is 2.36. The minimum Gasteiger partial charge on any atom is -0.361 e. The number of likely N-dealkylation sites (tertiary alicyclic amines) is 1. The van der Waals surface area contributed by atoms with Crippen LogP contribution in [0, 0.1) is 5.92 Å². The number of hydrogen-bond acceptors (Lipinski definition) is 4. The summed E-state index contributed by atoms with van der Waals surface area (Å²) >= 11 is 6.70. The van der Waals surface area contributed by atoms with Gasteiger partial charge in [0.05, 0.1) is 11.0 Å². The van der Waals surface area contributed by atoms with Crippen molar-refractivity contribution in [2.24, 2.45) is 5.92 Å². The van der Waals surface area contributed by atoms with Crippen LogP contribution in [0.15, 0.2) is 77.7 Å². The Morgan fingerprint density at radius 2 is 1.74 bits per heavy atom. The van der Waals surface area contributed by atoms with E-state index in [1.165, 1.54) is 0 Å². The third-order valence-corrected chi connectivity index (χ3v) is 10.00. The monoisotopic (exact) mass is 653 g/mol. The number of nitrogens with zero attached hydrogens (tertiary/aromatic N) is 4. The Morgan fingerprint density at radius 3 is 2.53 bits per heavy atom. The highest BCUT2D eigenvalue weighted by Gasteiger charge is 2.36. The van der Waals surface area contributed by atoms with Crippen molar-refractivity contribution < 1.29 is 9.59 Å². The number of para-hydroxylation sites is 3. The maximum atomic E-state index is 14.6. The molecule has 10 nitrogen and oxygen atoms in total. The zero-order valence-corrected chi connectivity index (χ0v) is 27.5. The van der Waals surface area contributed by atoms with Gasteiger partial charge in [-0.1, -0.05) is 48.0 Å². The molecule has 5 aromatic rings. The number of nitrogens with one attached hydrogen (secondary N) is 3. The number of aromatic nitrogens is 3. The standard InChI is InChI=1S/C36H40ClN7O3/c1-41(2)21-23-18-27-28(37)9-7-13-32(27)43(22-23)34(45)31(19-24-20-38-29-10-4-3-8-26(24)29)40-35(46)42-16-14-25(15-17-42)44-33-12-6-5-11-30(33)39-36(44)47/h3-13,20,23,25,31,38H,14-19,21-22H2,1-2H3,(H,39,47)(H,40,46)/t23-,31-/m0/s1. The summed E-state index contributed by atoms with van der Waals surface area (Å²) in [5.74, 6) is 0.0357. The van der Waals surface area contributed by atoms with E-state index in [2.05, 4.69) is 20.2 Å². The highest BCUT2D eigenvalue weighted by molar-refractivity contribution is 6.32. The molecule has 0 aliphatic carbocycles. The molecule has 0 radical (unpaired) electrons. The van der Waals surface area contributed by atoms with Gasteiger partial charge in [0.25, 0.3) is 0 Å². The van der Waals surface area contributed by atoms with Crippen LogP contribution in [0.3, 0.4) is 0 Å². The SMILES string of the molecule is CN(C)C[C@@H]1Cc2c(Cl)cccc2N(C(=O)[C@H](Cc2c[nH]c3ccccc23)NC(=O)N2CCC(n3c(=O)[nH]c4ccccc43)CC2)C1. The summed E-state index contributed by atoms with van der Waals surface area (Å²) in [6.45, 7) is 2.30. The average molecular weight is 654 g/mol. The first-order valence-corrected chi connectivity index (χ1v) is 16.7. The van der Waals surface area contributed by atoms with Gasteiger partial charge in [-0.2, -0.15) is 0 Å². The number of fused-ring (bicyclic) bond motifs is 3. The van der Waals surface area contributed by atoms with Crippen LogP contribution in [0.2, 0.25) is 5.02 Å². The number of carbonyl (C=O) groups is 2. The van der Waals surface area contributed by atoms with Crippen LogP contribution in [-0.4, -0.2) is 82.6 Å². The molecule has 3 N–H and O–H groups in total. The molecule has 244 valence electrons. The largest absolute Gasteiger partial charge is 0.361 e. The lowest BCUT2D eigenvalue weighted by Crippen LogP contribution is -2.56. The predicted molar refractivity (Wildman–Crippen MR) is 186 cm³/mol. The molecule has 11 heteroatoms. The van der Waals surface area contributed by atoms with Crippen LogP contribution < -0.4 is 15.9 Å². The molecule has 2 aliphatic heterocycles. The lowest BCUT2D eigenvalue weighted by atomic mass is 9.91. The summed E-state index contributed by atoms with van der Waals surface area (Å²) in [6.07, 6.45) is 4.32. The van der Waals surface area contributed by atoms with Gasteiger partial charge in [0, 0.05) is 66.5 Å². The molecule has 3 amide bonds. The molecular weight excluding hydrogens is 614 g/mol. The van der Waals surface area contributed by atoms with Crippen LogP contribution in [-0.2, 0) is 17.6 Å². The molecule has 2 atom stereocenters. The number of imidazole rings is 1. The van der Waals surface area contributed by atoms with Crippen molar-refractivity contribution in [1.29, 1.82) is 0 Å². The van der Waals surface area contributed by atoms with E-state index < -0.39 is 6.04 Å². The minimum atomic E-state index is -0.805. The topological polar surface area (TPSA) is 109 Å². The van der Waals surface area contributed by atoms with Crippen molar-refractivity contribution in [3.05, 3.63) is 99.6 Å². The smallest absolute Gasteiger partial charge is 0.326 e. The van der Waals surface area contributed by atoms with Crippen molar-refractivity contribution in [2.75, 3.05) is 45.2 Å². The molecule has 2 aromatic heterocycles. The van der Waals surface area contributed by atoms with Gasteiger partial charge < -0.3 is 30.0 Å². The Kier molecular flexibility index (Phi) is 8.55. The fourth-order valence-corrected chi connectivity index (χ4v) is 7.72. The molecule has 2 aliphatic rings. The summed E-state index contributed by atoms with van der Waals surface area (Å²) in [7, 11) is 4.07. The lowest BCUT2D eigenvalue weighted by Gasteiger charge is -2.38. The fourth-order valence-electron chi connectivity index (χ4n) is 7.47. The van der Waals surface area contributed by atoms with Crippen LogP contribution in [0.5, 0.6) is 0 Å². The Morgan fingerprint density at radius 1 is 1.00 bits per heavy atom. The van der Waals surface area contributed by atoms with Gasteiger partial charge in [-0.15, -0.1) is 0 Å². The van der Waals surface area contributed by atoms with Gasteiger partial charge in [0.2, 0.25) is 5.91 Å². The highest BCUT2D eigenvalue weighted by atomic mass is 35.5. The second kappa shape index (κ2) is 12.9. The van der Waals surface area contributed by atoms with Crippen molar-refractivity contribution in [1.82, 2.24) is 29.7 Å². The lowest BCUT2D eigenvalue weighted by molar-refractivity contribution is -0.120. The quantitative estimate of drug-likeness (QED) is 0.225. The summed E-state index contributed by atoms with van der Waals surface area (Å²) in [5.41, 5.74) is 5.27. The summed E-state index contributed by atoms with van der Waals surface area (Å²) in [5, 5.41) is 4.82. The molecule has 0 spiro atoms. The maximum Gasteiger partial charge on any atom is 0.326 e. The van der Waals surface area contributed by atoms with Gasteiger partial charge >= 0.3 is 11.7 Å². The van der Waals surface area contributed by atoms with Gasteiger partial charge in [0.15, 0.2) is 0 Å². The molecule has 0 saturated carbocycles. The van der Waals surface area contributed by atoms with Crippen LogP contribution >= 0.6 is 11.6 Å². The Bertz CT molecular complexity index is 1990. The molecular formula is C36H40ClN7O3. The molecule has 1 saturated heterocycles. The number of piperidine rings is 1. The zero-order chi connectivity index (χ0) is 32.7.